The van der Waals surface area contributed by atoms with Crippen LogP contribution in [0.3, 0.4) is 0 Å². The first-order chi connectivity index (χ1) is 5.83. The number of hydrogen-bond acceptors (Lipinski definition) is 2. The van der Waals surface area contributed by atoms with Crippen LogP contribution in [-0.4, -0.2) is 11.8 Å². The fourth-order valence-corrected chi connectivity index (χ4v) is 1.51. The van der Waals surface area contributed by atoms with E-state index in [9.17, 15) is 4.79 Å². The van der Waals surface area contributed by atoms with Crippen molar-refractivity contribution >= 4 is 34.5 Å². The van der Waals surface area contributed by atoms with Crippen molar-refractivity contribution in [3.63, 3.8) is 0 Å². The van der Waals surface area contributed by atoms with Crippen LogP contribution in [0.15, 0.2) is 16.8 Å². The summed E-state index contributed by atoms with van der Waals surface area (Å²) in [6.45, 7) is 0. The first-order valence-corrected chi connectivity index (χ1v) is 5.18. The van der Waals surface area contributed by atoms with E-state index >= 15 is 0 Å². The van der Waals surface area contributed by atoms with Crippen molar-refractivity contribution in [2.24, 2.45) is 0 Å². The second-order valence-electron chi connectivity index (χ2n) is 2.35. The van der Waals surface area contributed by atoms with Gasteiger partial charge in [-0.2, -0.15) is 11.3 Å². The van der Waals surface area contributed by atoms with Gasteiger partial charge in [0.15, 0.2) is 0 Å². The third-order valence-corrected chi connectivity index (χ3v) is 2.29. The van der Waals surface area contributed by atoms with Gasteiger partial charge in [-0.25, -0.2) is 0 Å². The smallest absolute Gasteiger partial charge is 0.224 e. The van der Waals surface area contributed by atoms with Crippen LogP contribution in [-0.2, 0) is 4.79 Å². The van der Waals surface area contributed by atoms with Gasteiger partial charge < -0.3 is 5.32 Å². The topological polar surface area (TPSA) is 29.1 Å². The molecule has 0 saturated heterocycles. The Morgan fingerprint density at radius 3 is 3.08 bits per heavy atom. The van der Waals surface area contributed by atoms with Crippen LogP contribution in [0.4, 0.5) is 5.69 Å². The number of carbonyl (C=O) groups is 1. The molecule has 1 heterocycles. The Morgan fingerprint density at radius 1 is 1.67 bits per heavy atom. The van der Waals surface area contributed by atoms with Gasteiger partial charge in [-0.15, -0.1) is 11.6 Å². The number of halogens is 1. The van der Waals surface area contributed by atoms with Crippen molar-refractivity contribution in [1.29, 1.82) is 0 Å². The number of thiophene rings is 1. The summed E-state index contributed by atoms with van der Waals surface area (Å²) in [5.74, 6) is 0.575. The van der Waals surface area contributed by atoms with Gasteiger partial charge in [-0.1, -0.05) is 0 Å². The maximum absolute atomic E-state index is 11.1. The molecule has 1 amide bonds. The van der Waals surface area contributed by atoms with E-state index in [0.29, 0.717) is 12.3 Å². The molecule has 4 heteroatoms. The van der Waals surface area contributed by atoms with E-state index in [1.165, 1.54) is 0 Å². The van der Waals surface area contributed by atoms with Crippen LogP contribution in [0.25, 0.3) is 0 Å². The standard InChI is InChI=1S/C8H10ClNOS/c9-4-1-2-8(11)10-7-3-5-12-6-7/h3,5-6H,1-2,4H2,(H,10,11). The van der Waals surface area contributed by atoms with E-state index in [1.807, 2.05) is 16.8 Å². The summed E-state index contributed by atoms with van der Waals surface area (Å²) in [5.41, 5.74) is 0.875. The molecular weight excluding hydrogens is 194 g/mol. The molecule has 1 aromatic rings. The molecule has 0 bridgehead atoms. The summed E-state index contributed by atoms with van der Waals surface area (Å²) in [5, 5.41) is 6.60. The summed E-state index contributed by atoms with van der Waals surface area (Å²) in [4.78, 5) is 11.1. The molecule has 0 fully saturated rings. The number of carbonyl (C=O) groups excluding carboxylic acids is 1. The first kappa shape index (κ1) is 9.55. The van der Waals surface area contributed by atoms with Crippen LogP contribution in [0.1, 0.15) is 12.8 Å². The van der Waals surface area contributed by atoms with Crippen molar-refractivity contribution in [1.82, 2.24) is 0 Å². The lowest BCUT2D eigenvalue weighted by atomic mass is 10.3. The summed E-state index contributed by atoms with van der Waals surface area (Å²) in [6, 6.07) is 1.88. The van der Waals surface area contributed by atoms with Crippen LogP contribution >= 0.6 is 22.9 Å². The lowest BCUT2D eigenvalue weighted by molar-refractivity contribution is -0.116. The Kier molecular flexibility index (Phi) is 4.11. The van der Waals surface area contributed by atoms with Crippen molar-refractivity contribution in [2.45, 2.75) is 12.8 Å². The average Bonchev–Trinajstić information content (AvgIpc) is 2.53. The van der Waals surface area contributed by atoms with E-state index in [4.69, 9.17) is 11.6 Å². The van der Waals surface area contributed by atoms with Crippen LogP contribution in [0, 0.1) is 0 Å². The summed E-state index contributed by atoms with van der Waals surface area (Å²) >= 11 is 7.01. The number of hydrogen-bond donors (Lipinski definition) is 1. The fraction of sp³-hybridized carbons (Fsp3) is 0.375. The predicted octanol–water partition coefficient (Wildman–Crippen LogP) is 2.71. The van der Waals surface area contributed by atoms with Gasteiger partial charge in [-0.05, 0) is 17.9 Å². The van der Waals surface area contributed by atoms with Gasteiger partial charge in [0.1, 0.15) is 0 Å². The minimum atomic E-state index is 0.0362. The molecule has 0 aliphatic carbocycles. The van der Waals surface area contributed by atoms with Crippen LogP contribution < -0.4 is 5.32 Å². The highest BCUT2D eigenvalue weighted by Gasteiger charge is 2.00. The van der Waals surface area contributed by atoms with Crippen molar-refractivity contribution in [2.75, 3.05) is 11.2 Å². The Morgan fingerprint density at radius 2 is 2.50 bits per heavy atom. The fourth-order valence-electron chi connectivity index (χ4n) is 0.786. The highest BCUT2D eigenvalue weighted by Crippen LogP contribution is 2.12. The maximum Gasteiger partial charge on any atom is 0.224 e. The summed E-state index contributed by atoms with van der Waals surface area (Å²) < 4.78 is 0. The van der Waals surface area contributed by atoms with Gasteiger partial charge in [0.05, 0.1) is 5.69 Å². The molecule has 0 saturated carbocycles. The first-order valence-electron chi connectivity index (χ1n) is 3.71. The Bertz CT molecular complexity index is 235. The number of nitrogens with one attached hydrogen (secondary N) is 1. The zero-order valence-electron chi connectivity index (χ0n) is 6.55. The number of rotatable bonds is 4. The normalized spacial score (nSPS) is 9.75. The Balaban J connectivity index is 2.27. The van der Waals surface area contributed by atoms with Crippen molar-refractivity contribution in [3.8, 4) is 0 Å². The summed E-state index contributed by atoms with van der Waals surface area (Å²) in [7, 11) is 0. The van der Waals surface area contributed by atoms with Gasteiger partial charge in [0.25, 0.3) is 0 Å². The maximum atomic E-state index is 11.1. The van der Waals surface area contributed by atoms with E-state index in [0.717, 1.165) is 12.1 Å². The van der Waals surface area contributed by atoms with Crippen LogP contribution in [0.5, 0.6) is 0 Å². The minimum absolute atomic E-state index is 0.0362. The second kappa shape index (κ2) is 5.17. The number of alkyl halides is 1. The molecule has 2 nitrogen and oxygen atoms in total. The van der Waals surface area contributed by atoms with Gasteiger partial charge in [0, 0.05) is 17.7 Å². The van der Waals surface area contributed by atoms with E-state index in [-0.39, 0.29) is 5.91 Å². The predicted molar refractivity (Wildman–Crippen MR) is 52.9 cm³/mol. The molecule has 12 heavy (non-hydrogen) atoms. The van der Waals surface area contributed by atoms with Gasteiger partial charge >= 0.3 is 0 Å². The molecule has 1 N–H and O–H groups in total. The molecule has 0 atom stereocenters. The molecule has 0 radical (unpaired) electrons. The quantitative estimate of drug-likeness (QED) is 0.750. The van der Waals surface area contributed by atoms with E-state index < -0.39 is 0 Å². The molecule has 0 aromatic carbocycles. The second-order valence-corrected chi connectivity index (χ2v) is 3.51. The SMILES string of the molecule is O=C(CCCCl)Nc1ccsc1. The van der Waals surface area contributed by atoms with Crippen molar-refractivity contribution in [3.05, 3.63) is 16.8 Å². The van der Waals surface area contributed by atoms with Crippen molar-refractivity contribution < 1.29 is 4.79 Å². The molecule has 0 aliphatic rings. The average molecular weight is 204 g/mol. The Hall–Kier alpha value is -0.540. The molecule has 66 valence electrons. The monoisotopic (exact) mass is 203 g/mol. The molecular formula is C8H10ClNOS. The van der Waals surface area contributed by atoms with E-state index in [2.05, 4.69) is 5.32 Å². The lowest BCUT2D eigenvalue weighted by Gasteiger charge is -1.99. The highest BCUT2D eigenvalue weighted by atomic mass is 35.5. The molecule has 0 spiro atoms. The highest BCUT2D eigenvalue weighted by molar-refractivity contribution is 7.08. The third kappa shape index (κ3) is 3.24. The van der Waals surface area contributed by atoms with Gasteiger partial charge in [0.2, 0.25) is 5.91 Å². The Labute approximate surface area is 80.5 Å². The third-order valence-electron chi connectivity index (χ3n) is 1.34. The van der Waals surface area contributed by atoms with Crippen LogP contribution in [0.2, 0.25) is 0 Å². The zero-order chi connectivity index (χ0) is 8.81. The van der Waals surface area contributed by atoms with E-state index in [1.54, 1.807) is 11.3 Å². The molecule has 0 unspecified atom stereocenters. The number of amides is 1. The summed E-state index contributed by atoms with van der Waals surface area (Å²) in [6.07, 6.45) is 1.23. The molecule has 1 aromatic heterocycles. The zero-order valence-corrected chi connectivity index (χ0v) is 8.12. The molecule has 0 aliphatic heterocycles. The lowest BCUT2D eigenvalue weighted by Crippen LogP contribution is -2.10. The minimum Gasteiger partial charge on any atom is -0.325 e. The largest absolute Gasteiger partial charge is 0.325 e. The molecule has 1 rings (SSSR count). The number of anilines is 1. The van der Waals surface area contributed by atoms with Gasteiger partial charge in [-0.3, -0.25) is 4.79 Å².